The first-order valence-corrected chi connectivity index (χ1v) is 6.56. The Morgan fingerprint density at radius 2 is 2.25 bits per heavy atom. The average Bonchev–Trinajstić information content (AvgIpc) is 3.00. The fourth-order valence-corrected chi connectivity index (χ4v) is 1.81. The molecule has 0 unspecified atom stereocenters. The summed E-state index contributed by atoms with van der Waals surface area (Å²) < 4.78 is 11.8. The van der Waals surface area contributed by atoms with Crippen LogP contribution in [-0.4, -0.2) is 25.9 Å². The van der Waals surface area contributed by atoms with Crippen LogP contribution in [-0.2, 0) is 29.1 Å². The van der Waals surface area contributed by atoms with E-state index in [4.69, 9.17) is 9.26 Å². The van der Waals surface area contributed by atoms with Gasteiger partial charge >= 0.3 is 5.97 Å². The summed E-state index contributed by atoms with van der Waals surface area (Å²) in [7, 11) is 0. The smallest absolute Gasteiger partial charge is 0.308 e. The third kappa shape index (κ3) is 3.66. The lowest BCUT2D eigenvalue weighted by atomic mass is 10.4. The minimum atomic E-state index is -0.311. The Labute approximate surface area is 116 Å². The van der Waals surface area contributed by atoms with Crippen LogP contribution in [0.5, 0.6) is 0 Å². The monoisotopic (exact) mass is 278 g/mol. The number of carbonyl (C=O) groups excluding carboxylic acids is 1. The van der Waals surface area contributed by atoms with Gasteiger partial charge in [-0.2, -0.15) is 10.1 Å². The van der Waals surface area contributed by atoms with Crippen molar-refractivity contribution in [3.8, 4) is 0 Å². The van der Waals surface area contributed by atoms with Gasteiger partial charge in [-0.15, -0.1) is 0 Å². The molecule has 0 atom stereocenters. The van der Waals surface area contributed by atoms with Gasteiger partial charge in [-0.1, -0.05) is 12.1 Å². The third-order valence-corrected chi connectivity index (χ3v) is 2.81. The van der Waals surface area contributed by atoms with Gasteiger partial charge in [-0.25, -0.2) is 0 Å². The molecule has 0 aromatic carbocycles. The predicted octanol–water partition coefficient (Wildman–Crippen LogP) is 1.58. The maximum absolute atomic E-state index is 11.6. The van der Waals surface area contributed by atoms with E-state index >= 15 is 0 Å². The minimum absolute atomic E-state index is 0.0168. The molecule has 0 fully saturated rings. The lowest BCUT2D eigenvalue weighted by Gasteiger charge is -2.04. The SMILES string of the molecule is CCc1noc(COC(=O)CCn2nc(C)cc2C)n1. The third-order valence-electron chi connectivity index (χ3n) is 2.81. The standard InChI is InChI=1S/C13H18N4O3/c1-4-11-14-12(20-16-11)8-19-13(18)5-6-17-10(3)7-9(2)15-17/h7H,4-6,8H2,1-3H3. The second-order valence-corrected chi connectivity index (χ2v) is 4.52. The summed E-state index contributed by atoms with van der Waals surface area (Å²) in [6.07, 6.45) is 0.951. The largest absolute Gasteiger partial charge is 0.456 e. The van der Waals surface area contributed by atoms with Gasteiger partial charge in [-0.05, 0) is 19.9 Å². The van der Waals surface area contributed by atoms with Crippen molar-refractivity contribution >= 4 is 5.97 Å². The summed E-state index contributed by atoms with van der Waals surface area (Å²) in [5.41, 5.74) is 1.97. The van der Waals surface area contributed by atoms with E-state index < -0.39 is 0 Å². The Balaban J connectivity index is 1.76. The normalized spacial score (nSPS) is 10.8. The van der Waals surface area contributed by atoms with Crippen molar-refractivity contribution in [1.29, 1.82) is 0 Å². The van der Waals surface area contributed by atoms with E-state index in [-0.39, 0.29) is 19.0 Å². The van der Waals surface area contributed by atoms with Gasteiger partial charge in [0.2, 0.25) is 0 Å². The molecule has 0 aliphatic carbocycles. The molecule has 0 aliphatic heterocycles. The number of hydrogen-bond donors (Lipinski definition) is 0. The second kappa shape index (κ2) is 6.31. The molecule has 0 N–H and O–H groups in total. The molecule has 2 rings (SSSR count). The predicted molar refractivity (Wildman–Crippen MR) is 69.8 cm³/mol. The molecule has 7 heteroatoms. The fourth-order valence-electron chi connectivity index (χ4n) is 1.81. The Morgan fingerprint density at radius 3 is 2.85 bits per heavy atom. The number of rotatable bonds is 6. The maximum atomic E-state index is 11.6. The van der Waals surface area contributed by atoms with Crippen LogP contribution in [0.1, 0.15) is 36.4 Å². The van der Waals surface area contributed by atoms with Crippen LogP contribution in [0.4, 0.5) is 0 Å². The zero-order valence-electron chi connectivity index (χ0n) is 11.9. The summed E-state index contributed by atoms with van der Waals surface area (Å²) in [4.78, 5) is 15.7. The van der Waals surface area contributed by atoms with Crippen LogP contribution >= 0.6 is 0 Å². The minimum Gasteiger partial charge on any atom is -0.456 e. The maximum Gasteiger partial charge on any atom is 0.308 e. The number of aryl methyl sites for hydroxylation is 4. The van der Waals surface area contributed by atoms with Gasteiger partial charge in [0.15, 0.2) is 12.4 Å². The first-order valence-electron chi connectivity index (χ1n) is 6.56. The fraction of sp³-hybridized carbons (Fsp3) is 0.538. The quantitative estimate of drug-likeness (QED) is 0.746. The summed E-state index contributed by atoms with van der Waals surface area (Å²) >= 11 is 0. The highest BCUT2D eigenvalue weighted by molar-refractivity contribution is 5.69. The molecule has 2 aromatic rings. The van der Waals surface area contributed by atoms with Crippen molar-refractivity contribution in [1.82, 2.24) is 19.9 Å². The van der Waals surface area contributed by atoms with E-state index in [0.29, 0.717) is 24.7 Å². The lowest BCUT2D eigenvalue weighted by Crippen LogP contribution is -2.11. The molecule has 20 heavy (non-hydrogen) atoms. The van der Waals surface area contributed by atoms with E-state index in [1.54, 1.807) is 4.68 Å². The van der Waals surface area contributed by atoms with Crippen molar-refractivity contribution in [2.75, 3.05) is 0 Å². The highest BCUT2D eigenvalue weighted by Crippen LogP contribution is 2.05. The van der Waals surface area contributed by atoms with Crippen LogP contribution in [0.15, 0.2) is 10.6 Å². The molecule has 2 aromatic heterocycles. The van der Waals surface area contributed by atoms with E-state index in [2.05, 4.69) is 15.2 Å². The Bertz CT molecular complexity index is 588. The van der Waals surface area contributed by atoms with Gasteiger partial charge in [0.1, 0.15) is 0 Å². The van der Waals surface area contributed by atoms with E-state index in [1.807, 2.05) is 26.8 Å². The number of esters is 1. The van der Waals surface area contributed by atoms with Crippen molar-refractivity contribution in [3.63, 3.8) is 0 Å². The van der Waals surface area contributed by atoms with Crippen molar-refractivity contribution in [2.45, 2.75) is 46.8 Å². The van der Waals surface area contributed by atoms with Gasteiger partial charge in [-0.3, -0.25) is 9.48 Å². The number of hydrogen-bond acceptors (Lipinski definition) is 6. The first kappa shape index (κ1) is 14.2. The molecule has 108 valence electrons. The molecule has 0 aliphatic rings. The summed E-state index contributed by atoms with van der Waals surface area (Å²) in [5, 5.41) is 8.01. The van der Waals surface area contributed by atoms with E-state index in [9.17, 15) is 4.79 Å². The van der Waals surface area contributed by atoms with Crippen molar-refractivity contribution in [3.05, 3.63) is 29.2 Å². The van der Waals surface area contributed by atoms with Crippen LogP contribution in [0.25, 0.3) is 0 Å². The highest BCUT2D eigenvalue weighted by atomic mass is 16.6. The van der Waals surface area contributed by atoms with Crippen LogP contribution in [0.3, 0.4) is 0 Å². The summed E-state index contributed by atoms with van der Waals surface area (Å²) in [6.45, 7) is 6.32. The number of ether oxygens (including phenoxy) is 1. The summed E-state index contributed by atoms with van der Waals surface area (Å²) in [5.74, 6) is 0.619. The highest BCUT2D eigenvalue weighted by Gasteiger charge is 2.10. The second-order valence-electron chi connectivity index (χ2n) is 4.52. The van der Waals surface area contributed by atoms with Gasteiger partial charge in [0, 0.05) is 12.1 Å². The molecular formula is C13H18N4O3. The number of aromatic nitrogens is 4. The average molecular weight is 278 g/mol. The molecule has 0 spiro atoms. The molecule has 7 nitrogen and oxygen atoms in total. The molecule has 2 heterocycles. The van der Waals surface area contributed by atoms with Crippen LogP contribution in [0, 0.1) is 13.8 Å². The lowest BCUT2D eigenvalue weighted by molar-refractivity contribution is -0.146. The molecule has 0 amide bonds. The Kier molecular flexibility index (Phi) is 4.49. The Morgan fingerprint density at radius 1 is 1.45 bits per heavy atom. The molecule has 0 bridgehead atoms. The number of carbonyl (C=O) groups is 1. The van der Waals surface area contributed by atoms with Crippen molar-refractivity contribution in [2.24, 2.45) is 0 Å². The molecule has 0 saturated heterocycles. The van der Waals surface area contributed by atoms with Crippen molar-refractivity contribution < 1.29 is 14.1 Å². The van der Waals surface area contributed by atoms with Crippen LogP contribution in [0.2, 0.25) is 0 Å². The first-order chi connectivity index (χ1) is 9.58. The van der Waals surface area contributed by atoms with E-state index in [0.717, 1.165) is 11.4 Å². The van der Waals surface area contributed by atoms with Gasteiger partial charge < -0.3 is 9.26 Å². The number of nitrogens with zero attached hydrogens (tertiary/aromatic N) is 4. The molecule has 0 saturated carbocycles. The van der Waals surface area contributed by atoms with E-state index in [1.165, 1.54) is 0 Å². The van der Waals surface area contributed by atoms with Gasteiger partial charge in [0.25, 0.3) is 5.89 Å². The molecule has 0 radical (unpaired) electrons. The Hall–Kier alpha value is -2.18. The van der Waals surface area contributed by atoms with Crippen LogP contribution < -0.4 is 0 Å². The zero-order chi connectivity index (χ0) is 14.5. The van der Waals surface area contributed by atoms with Gasteiger partial charge in [0.05, 0.1) is 18.7 Å². The summed E-state index contributed by atoms with van der Waals surface area (Å²) in [6, 6.07) is 1.97. The molecular weight excluding hydrogens is 260 g/mol. The zero-order valence-corrected chi connectivity index (χ0v) is 11.9. The topological polar surface area (TPSA) is 83.0 Å².